The molecule has 1 aromatic rings. The van der Waals surface area contributed by atoms with Crippen molar-refractivity contribution in [2.75, 3.05) is 0 Å². The van der Waals surface area contributed by atoms with Crippen LogP contribution in [0.1, 0.15) is 5.56 Å². The fraction of sp³-hybridized carbons (Fsp3) is 0. The number of phenols is 1. The second-order valence-electron chi connectivity index (χ2n) is 1.67. The highest BCUT2D eigenvalue weighted by atomic mass is 16.3. The molecule has 0 saturated heterocycles. The van der Waals surface area contributed by atoms with Crippen LogP contribution in [0.4, 0.5) is 0 Å². The van der Waals surface area contributed by atoms with Gasteiger partial charge in [-0.1, -0.05) is 0 Å². The second kappa shape index (κ2) is 2.23. The fourth-order valence-corrected chi connectivity index (χ4v) is 0.545. The molecule has 1 aromatic carbocycles. The molecule has 0 atom stereocenters. The zero-order chi connectivity index (χ0) is 6.69. The molecule has 0 spiro atoms. The lowest BCUT2D eigenvalue weighted by Crippen LogP contribution is -1.69. The van der Waals surface area contributed by atoms with Gasteiger partial charge in [-0.15, -0.1) is 17.7 Å². The van der Waals surface area contributed by atoms with Crippen LogP contribution in [0.15, 0.2) is 24.3 Å². The minimum Gasteiger partial charge on any atom is -0.508 e. The zero-order valence-electron chi connectivity index (χ0n) is 4.76. The van der Waals surface area contributed by atoms with Crippen molar-refractivity contribution in [1.29, 1.82) is 0 Å². The van der Waals surface area contributed by atoms with Crippen LogP contribution in [0.3, 0.4) is 0 Å². The monoisotopic (exact) mass is 117 g/mol. The first kappa shape index (κ1) is 5.71. The molecule has 1 heteroatoms. The molecule has 1 rings (SSSR count). The molecule has 1 N–H and O–H groups in total. The van der Waals surface area contributed by atoms with Gasteiger partial charge in [-0.2, -0.15) is 0 Å². The van der Waals surface area contributed by atoms with Crippen molar-refractivity contribution in [1.82, 2.24) is 0 Å². The Hall–Kier alpha value is -1.42. The molecular weight excluding hydrogens is 112 g/mol. The van der Waals surface area contributed by atoms with Crippen LogP contribution in [0.2, 0.25) is 0 Å². The number of aromatic hydroxyl groups is 1. The van der Waals surface area contributed by atoms with Crippen LogP contribution >= 0.6 is 0 Å². The largest absolute Gasteiger partial charge is 0.508 e. The molecule has 44 valence electrons. The minimum absolute atomic E-state index is 0.217. The van der Waals surface area contributed by atoms with Gasteiger partial charge in [-0.25, -0.2) is 0 Å². The van der Waals surface area contributed by atoms with Gasteiger partial charge in [0.05, 0.1) is 0 Å². The van der Waals surface area contributed by atoms with Crippen LogP contribution in [-0.2, 0) is 0 Å². The number of phenolic OH excluding ortho intramolecular Hbond substituents is 1. The summed E-state index contributed by atoms with van der Waals surface area (Å²) in [7, 11) is 0. The van der Waals surface area contributed by atoms with Gasteiger partial charge in [0.15, 0.2) is 0 Å². The van der Waals surface area contributed by atoms with Gasteiger partial charge >= 0.3 is 0 Å². The van der Waals surface area contributed by atoms with Gasteiger partial charge in [0.2, 0.25) is 0 Å². The molecule has 0 heterocycles. The van der Waals surface area contributed by atoms with Crippen molar-refractivity contribution in [2.45, 2.75) is 0 Å². The Bertz CT molecular complexity index is 228. The Labute approximate surface area is 54.0 Å². The molecule has 0 saturated carbocycles. The predicted molar refractivity (Wildman–Crippen MR) is 34.3 cm³/mol. The van der Waals surface area contributed by atoms with E-state index in [2.05, 4.69) is 5.92 Å². The van der Waals surface area contributed by atoms with Crippen LogP contribution in [0, 0.1) is 12.3 Å². The Morgan fingerprint density at radius 1 is 1.22 bits per heavy atom. The number of rotatable bonds is 0. The summed E-state index contributed by atoms with van der Waals surface area (Å²) < 4.78 is 0. The quantitative estimate of drug-likeness (QED) is 0.401. The van der Waals surface area contributed by atoms with Crippen LogP contribution < -0.4 is 0 Å². The van der Waals surface area contributed by atoms with E-state index >= 15 is 0 Å². The summed E-state index contributed by atoms with van der Waals surface area (Å²) in [6.07, 6.45) is 6.68. The first-order valence-corrected chi connectivity index (χ1v) is 2.54. The lowest BCUT2D eigenvalue weighted by Gasteiger charge is -1.96. The molecule has 0 aliphatic rings. The Morgan fingerprint density at radius 3 is 2.22 bits per heavy atom. The third-order valence-electron chi connectivity index (χ3n) is 1.01. The van der Waals surface area contributed by atoms with Crippen LogP contribution in [0.5, 0.6) is 5.75 Å². The lowest BCUT2D eigenvalue weighted by atomic mass is 10.2. The summed E-state index contributed by atoms with van der Waals surface area (Å²) in [5.41, 5.74) is 0.674. The number of benzene rings is 1. The highest BCUT2D eigenvalue weighted by molar-refractivity contribution is 5.34. The topological polar surface area (TPSA) is 20.2 Å². The first-order valence-electron chi connectivity index (χ1n) is 2.54. The van der Waals surface area contributed by atoms with E-state index in [4.69, 9.17) is 11.5 Å². The van der Waals surface area contributed by atoms with Crippen molar-refractivity contribution < 1.29 is 5.11 Å². The summed E-state index contributed by atoms with van der Waals surface area (Å²) in [4.78, 5) is 0. The van der Waals surface area contributed by atoms with Crippen LogP contribution in [0.25, 0.3) is 0 Å². The SMILES string of the molecule is [C-]#Cc1ccc(O)cc1. The lowest BCUT2D eigenvalue weighted by molar-refractivity contribution is 0.475. The first-order chi connectivity index (χ1) is 4.33. The van der Waals surface area contributed by atoms with E-state index < -0.39 is 0 Å². The Morgan fingerprint density at radius 2 is 1.78 bits per heavy atom. The second-order valence-corrected chi connectivity index (χ2v) is 1.67. The molecule has 0 unspecified atom stereocenters. The third-order valence-corrected chi connectivity index (χ3v) is 1.01. The fourth-order valence-electron chi connectivity index (χ4n) is 0.545. The van der Waals surface area contributed by atoms with E-state index in [1.54, 1.807) is 12.1 Å². The highest BCUT2D eigenvalue weighted by Gasteiger charge is 1.78. The van der Waals surface area contributed by atoms with E-state index in [-0.39, 0.29) is 5.75 Å². The maximum Gasteiger partial charge on any atom is 0.112 e. The maximum absolute atomic E-state index is 8.76. The van der Waals surface area contributed by atoms with Crippen molar-refractivity contribution in [3.63, 3.8) is 0 Å². The molecule has 0 amide bonds. The average molecular weight is 117 g/mol. The van der Waals surface area contributed by atoms with Gasteiger partial charge in [-0.05, 0) is 12.1 Å². The highest BCUT2D eigenvalue weighted by Crippen LogP contribution is 2.07. The normalized spacial score (nSPS) is 8.33. The average Bonchev–Trinajstić information content (AvgIpc) is 1.90. The summed E-state index contributed by atoms with van der Waals surface area (Å²) in [5.74, 6) is 2.41. The summed E-state index contributed by atoms with van der Waals surface area (Å²) in [5, 5.41) is 8.76. The van der Waals surface area contributed by atoms with Crippen molar-refractivity contribution in [3.05, 3.63) is 36.3 Å². The van der Waals surface area contributed by atoms with Crippen molar-refractivity contribution in [3.8, 4) is 11.7 Å². The predicted octanol–water partition coefficient (Wildman–Crippen LogP) is 1.33. The molecule has 0 aliphatic carbocycles. The van der Waals surface area contributed by atoms with Gasteiger partial charge in [0, 0.05) is 0 Å². The summed E-state index contributed by atoms with van der Waals surface area (Å²) in [6, 6.07) is 6.30. The number of hydrogen-bond donors (Lipinski definition) is 1. The van der Waals surface area contributed by atoms with Gasteiger partial charge in [-0.3, -0.25) is 5.92 Å². The van der Waals surface area contributed by atoms with E-state index in [0.717, 1.165) is 0 Å². The summed E-state index contributed by atoms with van der Waals surface area (Å²) in [6.45, 7) is 0. The maximum atomic E-state index is 8.76. The van der Waals surface area contributed by atoms with Gasteiger partial charge in [0.1, 0.15) is 5.75 Å². The minimum atomic E-state index is 0.217. The van der Waals surface area contributed by atoms with Crippen LogP contribution in [-0.4, -0.2) is 5.11 Å². The molecular formula is C8H5O-. The standard InChI is InChI=1S/C8H5O/c1-2-7-3-5-8(9)6-4-7/h3-6,9H/q-1. The molecule has 0 aromatic heterocycles. The van der Waals surface area contributed by atoms with E-state index in [1.165, 1.54) is 12.1 Å². The number of hydrogen-bond acceptors (Lipinski definition) is 1. The van der Waals surface area contributed by atoms with E-state index in [9.17, 15) is 0 Å². The van der Waals surface area contributed by atoms with E-state index in [1.807, 2.05) is 0 Å². The third kappa shape index (κ3) is 1.23. The van der Waals surface area contributed by atoms with Crippen molar-refractivity contribution in [2.24, 2.45) is 0 Å². The smallest absolute Gasteiger partial charge is 0.112 e. The summed E-state index contributed by atoms with van der Waals surface area (Å²) >= 11 is 0. The Kier molecular flexibility index (Phi) is 1.42. The zero-order valence-corrected chi connectivity index (χ0v) is 4.76. The van der Waals surface area contributed by atoms with E-state index in [0.29, 0.717) is 5.56 Å². The molecule has 0 bridgehead atoms. The molecule has 0 aliphatic heterocycles. The molecule has 1 nitrogen and oxygen atoms in total. The van der Waals surface area contributed by atoms with Gasteiger partial charge in [0.25, 0.3) is 0 Å². The van der Waals surface area contributed by atoms with Gasteiger partial charge < -0.3 is 11.5 Å². The Balaban J connectivity index is 3.06. The van der Waals surface area contributed by atoms with Crippen molar-refractivity contribution >= 4 is 0 Å². The molecule has 0 fully saturated rings. The molecule has 9 heavy (non-hydrogen) atoms. The molecule has 0 radical (unpaired) electrons.